The van der Waals surface area contributed by atoms with Crippen molar-refractivity contribution in [1.82, 2.24) is 5.32 Å². The predicted octanol–water partition coefficient (Wildman–Crippen LogP) is 3.52. The van der Waals surface area contributed by atoms with Gasteiger partial charge in [-0.25, -0.2) is 4.99 Å². The highest BCUT2D eigenvalue weighted by Gasteiger charge is 2.10. The van der Waals surface area contributed by atoms with E-state index in [1.54, 1.807) is 7.11 Å². The maximum absolute atomic E-state index is 5.79. The number of benzene rings is 2. The number of morpholine rings is 1. The number of aliphatic imine (C=N–C) groups is 1. The first-order valence-corrected chi connectivity index (χ1v) is 11.0. The molecule has 7 nitrogen and oxygen atoms in total. The van der Waals surface area contributed by atoms with Crippen LogP contribution in [0.4, 0.5) is 11.4 Å². The lowest BCUT2D eigenvalue weighted by molar-refractivity contribution is 0.122. The Morgan fingerprint density at radius 2 is 1.90 bits per heavy atom. The van der Waals surface area contributed by atoms with Gasteiger partial charge in [-0.05, 0) is 36.8 Å². The lowest BCUT2D eigenvalue weighted by Crippen LogP contribution is -2.36. The van der Waals surface area contributed by atoms with Gasteiger partial charge < -0.3 is 29.7 Å². The zero-order valence-electron chi connectivity index (χ0n) is 18.6. The normalized spacial score (nSPS) is 14.4. The molecule has 31 heavy (non-hydrogen) atoms. The van der Waals surface area contributed by atoms with E-state index in [0.717, 1.165) is 56.7 Å². The average Bonchev–Trinajstić information content (AvgIpc) is 2.82. The van der Waals surface area contributed by atoms with E-state index in [1.807, 2.05) is 24.3 Å². The molecule has 0 saturated carbocycles. The lowest BCUT2D eigenvalue weighted by Gasteiger charge is -2.28. The Hall–Kier alpha value is -2.77. The molecule has 168 valence electrons. The minimum absolute atomic E-state index is 0.603. The predicted molar refractivity (Wildman–Crippen MR) is 126 cm³/mol. The Kier molecular flexibility index (Phi) is 9.47. The molecule has 1 aliphatic rings. The molecule has 1 aliphatic heterocycles. The summed E-state index contributed by atoms with van der Waals surface area (Å²) in [5.41, 5.74) is 3.35. The summed E-state index contributed by atoms with van der Waals surface area (Å²) in [5.74, 6) is 1.58. The van der Waals surface area contributed by atoms with Gasteiger partial charge in [-0.3, -0.25) is 0 Å². The number of ether oxygens (including phenoxy) is 3. The first-order valence-electron chi connectivity index (χ1n) is 11.0. The molecule has 7 heteroatoms. The van der Waals surface area contributed by atoms with Crippen LogP contribution in [0.1, 0.15) is 18.9 Å². The van der Waals surface area contributed by atoms with Crippen molar-refractivity contribution in [2.45, 2.75) is 19.9 Å². The molecular formula is C24H34N4O3. The summed E-state index contributed by atoms with van der Waals surface area (Å²) < 4.78 is 16.3. The Balaban J connectivity index is 1.57. The number of rotatable bonds is 10. The van der Waals surface area contributed by atoms with Crippen LogP contribution in [0.3, 0.4) is 0 Å². The third-order valence-corrected chi connectivity index (χ3v) is 4.93. The highest BCUT2D eigenvalue weighted by atomic mass is 16.5. The van der Waals surface area contributed by atoms with Crippen molar-refractivity contribution in [2.24, 2.45) is 4.99 Å². The van der Waals surface area contributed by atoms with Crippen LogP contribution >= 0.6 is 0 Å². The van der Waals surface area contributed by atoms with E-state index in [0.29, 0.717) is 19.8 Å². The van der Waals surface area contributed by atoms with Gasteiger partial charge in [0.15, 0.2) is 5.96 Å². The molecule has 2 aromatic rings. The molecule has 1 heterocycles. The summed E-state index contributed by atoms with van der Waals surface area (Å²) in [6.45, 7) is 8.26. The van der Waals surface area contributed by atoms with Crippen molar-refractivity contribution < 1.29 is 14.2 Å². The van der Waals surface area contributed by atoms with E-state index < -0.39 is 0 Å². The molecule has 0 atom stereocenters. The summed E-state index contributed by atoms with van der Waals surface area (Å²) in [5, 5.41) is 6.67. The van der Waals surface area contributed by atoms with Crippen molar-refractivity contribution in [3.05, 3.63) is 54.1 Å². The fourth-order valence-electron chi connectivity index (χ4n) is 3.30. The van der Waals surface area contributed by atoms with Crippen LogP contribution < -0.4 is 20.3 Å². The highest BCUT2D eigenvalue weighted by Crippen LogP contribution is 2.19. The van der Waals surface area contributed by atoms with E-state index in [4.69, 9.17) is 19.2 Å². The van der Waals surface area contributed by atoms with Crippen molar-refractivity contribution in [3.63, 3.8) is 0 Å². The lowest BCUT2D eigenvalue weighted by atomic mass is 10.2. The van der Waals surface area contributed by atoms with E-state index in [9.17, 15) is 0 Å². The van der Waals surface area contributed by atoms with E-state index in [-0.39, 0.29) is 0 Å². The summed E-state index contributed by atoms with van der Waals surface area (Å²) >= 11 is 0. The van der Waals surface area contributed by atoms with Crippen LogP contribution in [0, 0.1) is 0 Å². The summed E-state index contributed by atoms with van der Waals surface area (Å²) in [6, 6.07) is 16.5. The van der Waals surface area contributed by atoms with Crippen LogP contribution in [-0.2, 0) is 16.0 Å². The number of methoxy groups -OCH3 is 1. The molecule has 2 N–H and O–H groups in total. The summed E-state index contributed by atoms with van der Waals surface area (Å²) in [4.78, 5) is 7.09. The smallest absolute Gasteiger partial charge is 0.196 e. The maximum atomic E-state index is 5.79. The van der Waals surface area contributed by atoms with Crippen LogP contribution in [0.5, 0.6) is 5.75 Å². The largest absolute Gasteiger partial charge is 0.493 e. The SMILES string of the molecule is CCNC(=NCc1ccc(N2CCOCC2)cc1)Nc1cccc(OCCCOC)c1. The molecule has 0 spiro atoms. The maximum Gasteiger partial charge on any atom is 0.196 e. The van der Waals surface area contributed by atoms with Crippen molar-refractivity contribution in [3.8, 4) is 5.75 Å². The van der Waals surface area contributed by atoms with Gasteiger partial charge in [-0.1, -0.05) is 18.2 Å². The molecular weight excluding hydrogens is 392 g/mol. The first kappa shape index (κ1) is 22.9. The molecule has 0 radical (unpaired) electrons. The van der Waals surface area contributed by atoms with Crippen molar-refractivity contribution in [1.29, 1.82) is 0 Å². The second-order valence-corrected chi connectivity index (χ2v) is 7.31. The molecule has 1 saturated heterocycles. The van der Waals surface area contributed by atoms with Gasteiger partial charge in [0.2, 0.25) is 0 Å². The Morgan fingerprint density at radius 1 is 1.10 bits per heavy atom. The van der Waals surface area contributed by atoms with Crippen LogP contribution in [0.2, 0.25) is 0 Å². The number of guanidine groups is 1. The van der Waals surface area contributed by atoms with Gasteiger partial charge in [-0.15, -0.1) is 0 Å². The second kappa shape index (κ2) is 12.8. The third-order valence-electron chi connectivity index (χ3n) is 4.93. The van der Waals surface area contributed by atoms with Gasteiger partial charge >= 0.3 is 0 Å². The quantitative estimate of drug-likeness (QED) is 0.344. The minimum Gasteiger partial charge on any atom is -0.493 e. The van der Waals surface area contributed by atoms with Gasteiger partial charge in [-0.2, -0.15) is 0 Å². The monoisotopic (exact) mass is 426 g/mol. The minimum atomic E-state index is 0.603. The fourth-order valence-corrected chi connectivity index (χ4v) is 3.30. The van der Waals surface area contributed by atoms with E-state index in [1.165, 1.54) is 11.3 Å². The Labute approximate surface area is 185 Å². The van der Waals surface area contributed by atoms with E-state index in [2.05, 4.69) is 46.7 Å². The fraction of sp³-hybridized carbons (Fsp3) is 0.458. The topological polar surface area (TPSA) is 67.4 Å². The van der Waals surface area contributed by atoms with Crippen LogP contribution in [0.25, 0.3) is 0 Å². The zero-order valence-corrected chi connectivity index (χ0v) is 18.6. The second-order valence-electron chi connectivity index (χ2n) is 7.31. The van der Waals surface area contributed by atoms with Crippen LogP contribution in [-0.4, -0.2) is 59.1 Å². The number of hydrogen-bond acceptors (Lipinski definition) is 5. The molecule has 0 bridgehead atoms. The zero-order chi connectivity index (χ0) is 21.7. The molecule has 0 unspecified atom stereocenters. The first-order chi connectivity index (χ1) is 15.3. The van der Waals surface area contributed by atoms with Gasteiger partial charge in [0.25, 0.3) is 0 Å². The highest BCUT2D eigenvalue weighted by molar-refractivity contribution is 5.93. The molecule has 1 fully saturated rings. The molecule has 2 aromatic carbocycles. The van der Waals surface area contributed by atoms with Crippen molar-refractivity contribution in [2.75, 3.05) is 63.4 Å². The molecule has 3 rings (SSSR count). The third kappa shape index (κ3) is 7.77. The molecule has 0 amide bonds. The molecule has 0 aromatic heterocycles. The van der Waals surface area contributed by atoms with Crippen molar-refractivity contribution >= 4 is 17.3 Å². The number of anilines is 2. The summed E-state index contributed by atoms with van der Waals surface area (Å²) in [6.07, 6.45) is 0.864. The summed E-state index contributed by atoms with van der Waals surface area (Å²) in [7, 11) is 1.70. The Bertz CT molecular complexity index is 805. The van der Waals surface area contributed by atoms with Gasteiger partial charge in [0, 0.05) is 57.2 Å². The van der Waals surface area contributed by atoms with E-state index >= 15 is 0 Å². The number of hydrogen-bond donors (Lipinski definition) is 2. The number of nitrogens with zero attached hydrogens (tertiary/aromatic N) is 2. The number of nitrogens with one attached hydrogen (secondary N) is 2. The Morgan fingerprint density at radius 3 is 2.65 bits per heavy atom. The van der Waals surface area contributed by atoms with Gasteiger partial charge in [0.05, 0.1) is 26.4 Å². The molecule has 0 aliphatic carbocycles. The van der Waals surface area contributed by atoms with Crippen LogP contribution in [0.15, 0.2) is 53.5 Å². The van der Waals surface area contributed by atoms with Gasteiger partial charge in [0.1, 0.15) is 5.75 Å². The standard InChI is InChI=1S/C24H34N4O3/c1-3-25-24(27-21-6-4-7-23(18-21)31-15-5-14-29-2)26-19-20-8-10-22(11-9-20)28-12-16-30-17-13-28/h4,6-11,18H,3,5,12-17,19H2,1-2H3,(H2,25,26,27). The average molecular weight is 427 g/mol.